The molecule has 0 fully saturated rings. The number of hydrogen-bond donors (Lipinski definition) is 6. The molecule has 0 aliphatic rings. The summed E-state index contributed by atoms with van der Waals surface area (Å²) in [6, 6.07) is 0. The summed E-state index contributed by atoms with van der Waals surface area (Å²) < 4.78 is 0. The largest absolute Gasteiger partial charge is 1.00 e. The SMILES string of the molecule is O=C([O-])CC(O)(CC(=O)[O-])C(=O)O.O[Si](O)(O)O.[Na+].[Na+]. The maximum atomic E-state index is 10.3. The van der Waals surface area contributed by atoms with E-state index in [4.69, 9.17) is 29.4 Å². The molecule has 14 heteroatoms. The summed E-state index contributed by atoms with van der Waals surface area (Å²) in [5.41, 5.74) is -2.86. The molecule has 106 valence electrons. The van der Waals surface area contributed by atoms with Gasteiger partial charge in [-0.1, -0.05) is 0 Å². The van der Waals surface area contributed by atoms with E-state index in [0.29, 0.717) is 0 Å². The first kappa shape index (κ1) is 28.6. The normalized spacial score (nSPS) is 10.1. The maximum absolute atomic E-state index is 10.3. The topological polar surface area (TPSA) is 219 Å². The van der Waals surface area contributed by atoms with Crippen LogP contribution in [-0.2, 0) is 14.4 Å². The molecule has 0 aliphatic carbocycles. The first-order chi connectivity index (χ1) is 7.78. The summed E-state index contributed by atoms with van der Waals surface area (Å²) in [5.74, 6) is -5.65. The van der Waals surface area contributed by atoms with Crippen LogP contribution in [0.25, 0.3) is 0 Å². The number of rotatable bonds is 5. The summed E-state index contributed by atoms with van der Waals surface area (Å²) in [4.78, 5) is 59.5. The molecule has 0 saturated heterocycles. The minimum atomic E-state index is -4.61. The van der Waals surface area contributed by atoms with E-state index in [1.165, 1.54) is 0 Å². The van der Waals surface area contributed by atoms with Crippen LogP contribution >= 0.6 is 0 Å². The van der Waals surface area contributed by atoms with Crippen molar-refractivity contribution >= 4 is 27.0 Å². The zero-order chi connectivity index (χ0) is 15.1. The van der Waals surface area contributed by atoms with Gasteiger partial charge in [0.25, 0.3) is 0 Å². The zero-order valence-corrected chi connectivity index (χ0v) is 15.6. The van der Waals surface area contributed by atoms with Gasteiger partial charge in [0.15, 0.2) is 5.60 Å². The van der Waals surface area contributed by atoms with Gasteiger partial charge < -0.3 is 49.2 Å². The molecule has 0 aromatic carbocycles. The summed E-state index contributed by atoms with van der Waals surface area (Å²) in [5, 5.41) is 37.2. The predicted molar refractivity (Wildman–Crippen MR) is 46.5 cm³/mol. The van der Waals surface area contributed by atoms with E-state index in [2.05, 4.69) is 0 Å². The molecule has 0 rings (SSSR count). The Bertz CT molecular complexity index is 305. The smallest absolute Gasteiger partial charge is 0.550 e. The van der Waals surface area contributed by atoms with Gasteiger partial charge >= 0.3 is 74.1 Å². The average Bonchev–Trinajstić information content (AvgIpc) is 1.95. The second-order valence-corrected chi connectivity index (χ2v) is 4.23. The molecule has 0 heterocycles. The maximum Gasteiger partial charge on any atom is 1.00 e. The van der Waals surface area contributed by atoms with Crippen LogP contribution < -0.4 is 69.3 Å². The molecule has 6 N–H and O–H groups in total. The summed E-state index contributed by atoms with van der Waals surface area (Å²) >= 11 is 0. The molecule has 0 radical (unpaired) electrons. The monoisotopic (exact) mass is 332 g/mol. The molecule has 0 aliphatic heterocycles. The van der Waals surface area contributed by atoms with E-state index in [9.17, 15) is 24.6 Å². The fraction of sp³-hybridized carbons (Fsp3) is 0.500. The second kappa shape index (κ2) is 12.0. The Balaban J connectivity index is -0.000000158. The van der Waals surface area contributed by atoms with E-state index < -0.39 is 45.4 Å². The van der Waals surface area contributed by atoms with E-state index in [-0.39, 0.29) is 59.1 Å². The van der Waals surface area contributed by atoms with Crippen LogP contribution in [-0.4, -0.2) is 62.0 Å². The van der Waals surface area contributed by atoms with Gasteiger partial charge in [0.2, 0.25) is 0 Å². The van der Waals surface area contributed by atoms with Crippen LogP contribution in [0.5, 0.6) is 0 Å². The van der Waals surface area contributed by atoms with Crippen LogP contribution in [0.1, 0.15) is 12.8 Å². The Kier molecular flexibility index (Phi) is 17.2. The van der Waals surface area contributed by atoms with Gasteiger partial charge in [0.05, 0.1) is 0 Å². The fourth-order valence-corrected chi connectivity index (χ4v) is 0.691. The first-order valence-electron chi connectivity index (χ1n) is 4.03. The molecule has 0 atom stereocenters. The Morgan fingerprint density at radius 2 is 1.10 bits per heavy atom. The fourth-order valence-electron chi connectivity index (χ4n) is 0.691. The average molecular weight is 332 g/mol. The van der Waals surface area contributed by atoms with Crippen molar-refractivity contribution in [3.8, 4) is 0 Å². The molecule has 0 aromatic rings. The molecule has 0 bridgehead atoms. The third kappa shape index (κ3) is 20.7. The number of carboxylic acid groups (broad SMARTS) is 3. The second-order valence-electron chi connectivity index (χ2n) is 3.03. The minimum absolute atomic E-state index is 0. The van der Waals surface area contributed by atoms with Crippen LogP contribution in [0.2, 0.25) is 0 Å². The van der Waals surface area contributed by atoms with Crippen LogP contribution in [0.15, 0.2) is 0 Å². The van der Waals surface area contributed by atoms with Gasteiger partial charge in [-0.25, -0.2) is 4.79 Å². The molecule has 20 heavy (non-hydrogen) atoms. The van der Waals surface area contributed by atoms with Crippen molar-refractivity contribution in [3.63, 3.8) is 0 Å². The molecule has 0 saturated carbocycles. The van der Waals surface area contributed by atoms with Crippen molar-refractivity contribution in [2.75, 3.05) is 0 Å². The van der Waals surface area contributed by atoms with Crippen LogP contribution in [0, 0.1) is 0 Å². The predicted octanol–water partition coefficient (Wildman–Crippen LogP) is -12.5. The summed E-state index contributed by atoms with van der Waals surface area (Å²) in [7, 11) is -4.61. The van der Waals surface area contributed by atoms with Crippen molar-refractivity contribution < 1.29 is 113 Å². The molecule has 0 unspecified atom stereocenters. The van der Waals surface area contributed by atoms with Crippen molar-refractivity contribution in [1.29, 1.82) is 0 Å². The molecule has 0 aromatic heterocycles. The number of aliphatic hydroxyl groups is 1. The number of carbonyl (C=O) groups excluding carboxylic acids is 2. The van der Waals surface area contributed by atoms with Crippen molar-refractivity contribution in [1.82, 2.24) is 0 Å². The van der Waals surface area contributed by atoms with Gasteiger partial charge in [-0.2, -0.15) is 0 Å². The Labute approximate surface area is 157 Å². The molecule has 0 spiro atoms. The van der Waals surface area contributed by atoms with Crippen molar-refractivity contribution in [2.45, 2.75) is 18.4 Å². The van der Waals surface area contributed by atoms with E-state index in [1.807, 2.05) is 0 Å². The van der Waals surface area contributed by atoms with E-state index in [1.54, 1.807) is 0 Å². The van der Waals surface area contributed by atoms with Crippen molar-refractivity contribution in [3.05, 3.63) is 0 Å². The van der Waals surface area contributed by atoms with Crippen LogP contribution in [0.4, 0.5) is 0 Å². The Hall–Kier alpha value is 0.427. The first-order valence-corrected chi connectivity index (χ1v) is 5.82. The van der Waals surface area contributed by atoms with Gasteiger partial charge in [0, 0.05) is 24.8 Å². The van der Waals surface area contributed by atoms with Crippen LogP contribution in [0.3, 0.4) is 0 Å². The number of aliphatic carboxylic acids is 3. The van der Waals surface area contributed by atoms with E-state index >= 15 is 0 Å². The van der Waals surface area contributed by atoms with Gasteiger partial charge in [-0.15, -0.1) is 0 Å². The number of hydrogen-bond acceptors (Lipinski definition) is 10. The van der Waals surface area contributed by atoms with Gasteiger partial charge in [-0.3, -0.25) is 0 Å². The van der Waals surface area contributed by atoms with Gasteiger partial charge in [-0.05, 0) is 0 Å². The Morgan fingerprint density at radius 1 is 0.900 bits per heavy atom. The summed E-state index contributed by atoms with van der Waals surface area (Å²) in [6.45, 7) is 0. The third-order valence-corrected chi connectivity index (χ3v) is 1.27. The van der Waals surface area contributed by atoms with Gasteiger partial charge in [0.1, 0.15) is 0 Å². The van der Waals surface area contributed by atoms with Crippen molar-refractivity contribution in [2.24, 2.45) is 0 Å². The Morgan fingerprint density at radius 3 is 1.20 bits per heavy atom. The van der Waals surface area contributed by atoms with E-state index in [0.717, 1.165) is 0 Å². The number of carbonyl (C=O) groups is 3. The minimum Gasteiger partial charge on any atom is -0.550 e. The molecule has 11 nitrogen and oxygen atoms in total. The zero-order valence-electron chi connectivity index (χ0n) is 10.6. The summed E-state index contributed by atoms with van der Waals surface area (Å²) in [6.07, 6.45) is -2.59. The third-order valence-electron chi connectivity index (χ3n) is 1.27. The quantitative estimate of drug-likeness (QED) is 0.259. The molecular weight excluding hydrogens is 322 g/mol. The number of carboxylic acids is 3. The molecular formula is C6H10Na2O11Si. The molecule has 0 amide bonds. The standard InChI is InChI=1S/C6H8O7.2Na.H4O4Si/c7-3(8)1-6(13,5(11)12)2-4(9)10;;;1-5(2,3)4/h13H,1-2H2,(H,7,8)(H,9,10)(H,11,12);;;1-4H/q;2*+1;/p-2.